The Morgan fingerprint density at radius 1 is 1.03 bits per heavy atom. The van der Waals surface area contributed by atoms with Crippen LogP contribution in [0.15, 0.2) is 59.5 Å². The van der Waals surface area contributed by atoms with Gasteiger partial charge in [-0.2, -0.15) is 0 Å². The van der Waals surface area contributed by atoms with Crippen LogP contribution in [0.4, 0.5) is 0 Å². The molecule has 0 saturated heterocycles. The van der Waals surface area contributed by atoms with Crippen molar-refractivity contribution in [1.29, 1.82) is 0 Å². The number of nitrogens with zero attached hydrogens (tertiary/aromatic N) is 2. The quantitative estimate of drug-likeness (QED) is 0.604. The van der Waals surface area contributed by atoms with Crippen LogP contribution in [0.2, 0.25) is 0 Å². The Hall–Kier alpha value is -3.20. The Morgan fingerprint density at radius 2 is 1.69 bits per heavy atom. The largest absolute Gasteiger partial charge is 0.352 e. The molecule has 0 unspecified atom stereocenters. The van der Waals surface area contributed by atoms with Crippen molar-refractivity contribution in [2.45, 2.75) is 62.4 Å². The summed E-state index contributed by atoms with van der Waals surface area (Å²) in [6.45, 7) is 1.22. The van der Waals surface area contributed by atoms with E-state index in [4.69, 9.17) is 0 Å². The summed E-state index contributed by atoms with van der Waals surface area (Å²) in [5.74, 6) is -1.58. The minimum atomic E-state index is -4.12. The van der Waals surface area contributed by atoms with Crippen LogP contribution < -0.4 is 5.32 Å². The molecule has 1 atom stereocenters. The molecule has 186 valence electrons. The second-order valence-corrected chi connectivity index (χ2v) is 11.0. The first-order chi connectivity index (χ1) is 16.8. The minimum absolute atomic E-state index is 0.0548. The van der Waals surface area contributed by atoms with E-state index in [0.717, 1.165) is 37.7 Å². The third-order valence-electron chi connectivity index (χ3n) is 6.79. The van der Waals surface area contributed by atoms with Crippen LogP contribution >= 0.6 is 0 Å². The second kappa shape index (κ2) is 10.6. The average Bonchev–Trinajstić information content (AvgIpc) is 3.06. The Labute approximate surface area is 206 Å². The fraction of sp³-hybridized carbons (Fsp3) is 0.423. The average molecular weight is 498 g/mol. The van der Waals surface area contributed by atoms with Gasteiger partial charge in [-0.15, -0.1) is 0 Å². The van der Waals surface area contributed by atoms with E-state index in [-0.39, 0.29) is 29.0 Å². The molecule has 0 aromatic heterocycles. The highest BCUT2D eigenvalue weighted by atomic mass is 32.2. The van der Waals surface area contributed by atoms with Gasteiger partial charge in [-0.25, -0.2) is 12.7 Å². The molecule has 0 radical (unpaired) electrons. The third kappa shape index (κ3) is 5.40. The zero-order chi connectivity index (χ0) is 25.0. The zero-order valence-electron chi connectivity index (χ0n) is 19.9. The zero-order valence-corrected chi connectivity index (χ0v) is 20.7. The van der Waals surface area contributed by atoms with Gasteiger partial charge in [0.2, 0.25) is 11.8 Å². The molecule has 35 heavy (non-hydrogen) atoms. The Bertz CT molecular complexity index is 1190. The fourth-order valence-electron chi connectivity index (χ4n) is 4.74. The van der Waals surface area contributed by atoms with Crippen molar-refractivity contribution < 1.29 is 22.8 Å². The normalized spacial score (nSPS) is 18.1. The van der Waals surface area contributed by atoms with Crippen molar-refractivity contribution in [3.05, 3.63) is 65.7 Å². The molecule has 8 nitrogen and oxygen atoms in total. The molecule has 0 bridgehead atoms. The molecule has 1 heterocycles. The summed E-state index contributed by atoms with van der Waals surface area (Å²) in [5.41, 5.74) is 1.04. The van der Waals surface area contributed by atoms with Gasteiger partial charge in [-0.3, -0.25) is 14.4 Å². The lowest BCUT2D eigenvalue weighted by atomic mass is 9.95. The number of amides is 3. The first-order valence-corrected chi connectivity index (χ1v) is 13.5. The van der Waals surface area contributed by atoms with Crippen LogP contribution in [0, 0.1) is 0 Å². The summed E-state index contributed by atoms with van der Waals surface area (Å²) in [5, 5.41) is 3.05. The molecule has 1 saturated carbocycles. The molecular formula is C26H31N3O5S. The van der Waals surface area contributed by atoms with Gasteiger partial charge in [0.05, 0.1) is 5.56 Å². The van der Waals surface area contributed by atoms with Gasteiger partial charge in [0.1, 0.15) is 17.5 Å². The van der Waals surface area contributed by atoms with E-state index in [0.29, 0.717) is 10.7 Å². The van der Waals surface area contributed by atoms with Gasteiger partial charge in [-0.05, 0) is 43.9 Å². The van der Waals surface area contributed by atoms with E-state index in [1.165, 1.54) is 17.0 Å². The van der Waals surface area contributed by atoms with E-state index in [1.54, 1.807) is 19.1 Å². The Kier molecular flexibility index (Phi) is 7.54. The molecule has 1 N–H and O–H groups in total. The highest BCUT2D eigenvalue weighted by molar-refractivity contribution is 7.90. The van der Waals surface area contributed by atoms with Crippen LogP contribution in [0.5, 0.6) is 0 Å². The van der Waals surface area contributed by atoms with Crippen LogP contribution in [-0.4, -0.2) is 60.5 Å². The lowest BCUT2D eigenvalue weighted by molar-refractivity contribution is -0.140. The van der Waals surface area contributed by atoms with Gasteiger partial charge < -0.3 is 10.2 Å². The lowest BCUT2D eigenvalue weighted by Gasteiger charge is -2.32. The summed E-state index contributed by atoms with van der Waals surface area (Å²) < 4.78 is 26.5. The molecule has 2 aromatic rings. The number of carbonyl (C=O) groups excluding carboxylic acids is 3. The van der Waals surface area contributed by atoms with Gasteiger partial charge in [0.25, 0.3) is 15.9 Å². The lowest BCUT2D eigenvalue weighted by Crippen LogP contribution is -2.53. The van der Waals surface area contributed by atoms with Crippen LogP contribution in [-0.2, 0) is 26.0 Å². The van der Waals surface area contributed by atoms with Crippen molar-refractivity contribution in [3.63, 3.8) is 0 Å². The van der Waals surface area contributed by atoms with Crippen LogP contribution in [0.1, 0.15) is 54.9 Å². The molecule has 3 amide bonds. The first kappa shape index (κ1) is 24.9. The number of rotatable bonds is 8. The molecule has 9 heteroatoms. The summed E-state index contributed by atoms with van der Waals surface area (Å²) in [7, 11) is -4.12. The summed E-state index contributed by atoms with van der Waals surface area (Å²) in [4.78, 5) is 40.6. The molecule has 2 aliphatic rings. The molecular weight excluding hydrogens is 466 g/mol. The van der Waals surface area contributed by atoms with Crippen molar-refractivity contribution >= 4 is 27.7 Å². The molecule has 0 spiro atoms. The highest BCUT2D eigenvalue weighted by Crippen LogP contribution is 2.30. The molecule has 1 aliphatic heterocycles. The van der Waals surface area contributed by atoms with Gasteiger partial charge in [0, 0.05) is 12.6 Å². The topological polar surface area (TPSA) is 104 Å². The Balaban J connectivity index is 1.52. The number of benzene rings is 2. The van der Waals surface area contributed by atoms with Crippen LogP contribution in [0.3, 0.4) is 0 Å². The van der Waals surface area contributed by atoms with Gasteiger partial charge in [-0.1, -0.05) is 61.7 Å². The van der Waals surface area contributed by atoms with E-state index in [1.807, 2.05) is 30.3 Å². The summed E-state index contributed by atoms with van der Waals surface area (Å²) in [6, 6.07) is 14.7. The highest BCUT2D eigenvalue weighted by Gasteiger charge is 2.43. The summed E-state index contributed by atoms with van der Waals surface area (Å²) >= 11 is 0. The van der Waals surface area contributed by atoms with Crippen LogP contribution in [0.25, 0.3) is 0 Å². The maximum absolute atomic E-state index is 13.4. The fourth-order valence-corrected chi connectivity index (χ4v) is 6.26. The van der Waals surface area contributed by atoms with Crippen molar-refractivity contribution in [2.75, 3.05) is 13.1 Å². The molecule has 1 fully saturated rings. The first-order valence-electron chi connectivity index (χ1n) is 12.1. The number of hydrogen-bond acceptors (Lipinski definition) is 5. The predicted molar refractivity (Wildman–Crippen MR) is 131 cm³/mol. The maximum Gasteiger partial charge on any atom is 0.269 e. The molecule has 4 rings (SSSR count). The molecule has 1 aliphatic carbocycles. The third-order valence-corrected chi connectivity index (χ3v) is 8.58. The number of carbonyl (C=O) groups is 3. The van der Waals surface area contributed by atoms with E-state index in [9.17, 15) is 22.8 Å². The van der Waals surface area contributed by atoms with Gasteiger partial charge >= 0.3 is 0 Å². The standard InChI is InChI=1S/C26H31N3O5S/c1-19(25(31)27-21-12-6-3-7-13-21)28(17-16-20-10-4-2-5-11-20)24(30)18-29-26(32)22-14-8-9-15-23(22)35(29,33)34/h2,4-5,8-11,14-15,19,21H,3,6-7,12-13,16-18H2,1H3,(H,27,31)/t19-/m0/s1. The van der Waals surface area contributed by atoms with Crippen molar-refractivity contribution in [3.8, 4) is 0 Å². The Morgan fingerprint density at radius 3 is 2.37 bits per heavy atom. The predicted octanol–water partition coefficient (Wildman–Crippen LogP) is 2.74. The monoisotopic (exact) mass is 497 g/mol. The number of nitrogens with one attached hydrogen (secondary N) is 1. The smallest absolute Gasteiger partial charge is 0.269 e. The second-order valence-electron chi connectivity index (χ2n) is 9.16. The van der Waals surface area contributed by atoms with Crippen molar-refractivity contribution in [1.82, 2.24) is 14.5 Å². The van der Waals surface area contributed by atoms with Gasteiger partial charge in [0.15, 0.2) is 0 Å². The number of sulfonamides is 1. The minimum Gasteiger partial charge on any atom is -0.352 e. The maximum atomic E-state index is 13.4. The SMILES string of the molecule is C[C@@H](C(=O)NC1CCCCC1)N(CCc1ccccc1)C(=O)CN1C(=O)c2ccccc2S1(=O)=O. The number of hydrogen-bond donors (Lipinski definition) is 1. The van der Waals surface area contributed by atoms with E-state index in [2.05, 4.69) is 5.32 Å². The van der Waals surface area contributed by atoms with E-state index >= 15 is 0 Å². The summed E-state index contributed by atoms with van der Waals surface area (Å²) in [6.07, 6.45) is 5.60. The van der Waals surface area contributed by atoms with E-state index < -0.39 is 34.4 Å². The number of fused-ring (bicyclic) bond motifs is 1. The van der Waals surface area contributed by atoms with Crippen molar-refractivity contribution in [2.24, 2.45) is 0 Å². The molecule has 2 aromatic carbocycles.